The lowest BCUT2D eigenvalue weighted by molar-refractivity contribution is -0.168. The van der Waals surface area contributed by atoms with Crippen LogP contribution in [-0.4, -0.2) is 60.0 Å². The predicted octanol–water partition coefficient (Wildman–Crippen LogP) is 1.81. The molecule has 124 valence electrons. The van der Waals surface area contributed by atoms with E-state index in [0.717, 1.165) is 32.2 Å². The zero-order chi connectivity index (χ0) is 15.6. The van der Waals surface area contributed by atoms with Crippen molar-refractivity contribution >= 4 is 11.8 Å². The van der Waals surface area contributed by atoms with E-state index in [0.29, 0.717) is 32.1 Å². The van der Waals surface area contributed by atoms with Crippen molar-refractivity contribution in [3.63, 3.8) is 0 Å². The second-order valence-electron chi connectivity index (χ2n) is 7.17. The van der Waals surface area contributed by atoms with Crippen LogP contribution in [0.4, 0.5) is 0 Å². The maximum atomic E-state index is 12.8. The van der Waals surface area contributed by atoms with Gasteiger partial charge in [0.2, 0.25) is 11.8 Å². The lowest BCUT2D eigenvalue weighted by atomic mass is 9.86. The molecule has 0 radical (unpaired) electrons. The van der Waals surface area contributed by atoms with Gasteiger partial charge in [0.25, 0.3) is 0 Å². The summed E-state index contributed by atoms with van der Waals surface area (Å²) in [5.74, 6) is 0.650. The molecule has 1 atom stereocenters. The van der Waals surface area contributed by atoms with Crippen molar-refractivity contribution in [3.05, 3.63) is 0 Å². The van der Waals surface area contributed by atoms with E-state index in [1.165, 1.54) is 19.3 Å². The van der Waals surface area contributed by atoms with Crippen LogP contribution in [0, 0.1) is 5.92 Å². The van der Waals surface area contributed by atoms with E-state index in [2.05, 4.69) is 0 Å². The van der Waals surface area contributed by atoms with Crippen LogP contribution >= 0.6 is 0 Å². The van der Waals surface area contributed by atoms with E-state index >= 15 is 0 Å². The molecule has 3 fully saturated rings. The molecule has 0 aromatic heterocycles. The van der Waals surface area contributed by atoms with Gasteiger partial charge in [-0.15, -0.1) is 0 Å². The Kier molecular flexibility index (Phi) is 4.71. The van der Waals surface area contributed by atoms with Crippen LogP contribution in [0.25, 0.3) is 0 Å². The fourth-order valence-corrected chi connectivity index (χ4v) is 4.25. The van der Waals surface area contributed by atoms with Gasteiger partial charge in [-0.05, 0) is 25.7 Å². The highest BCUT2D eigenvalue weighted by atomic mass is 16.5. The number of rotatable bonds is 1. The number of morpholine rings is 1. The number of hydrogen-bond donors (Lipinski definition) is 0. The molecular weight excluding hydrogens is 280 g/mol. The molecule has 3 rings (SSSR count). The molecule has 5 heteroatoms. The summed E-state index contributed by atoms with van der Waals surface area (Å²) in [4.78, 5) is 28.4. The van der Waals surface area contributed by atoms with Crippen LogP contribution < -0.4 is 0 Å². The lowest BCUT2D eigenvalue weighted by Crippen LogP contribution is -2.61. The molecule has 0 aromatic rings. The summed E-state index contributed by atoms with van der Waals surface area (Å²) in [6.45, 7) is 5.04. The first kappa shape index (κ1) is 15.8. The molecular formula is C17H28N2O3. The first-order valence-electron chi connectivity index (χ1n) is 8.78. The van der Waals surface area contributed by atoms with Crippen molar-refractivity contribution in [2.24, 2.45) is 5.92 Å². The molecule has 2 aliphatic heterocycles. The smallest absolute Gasteiger partial charge is 0.225 e. The summed E-state index contributed by atoms with van der Waals surface area (Å²) in [5.41, 5.74) is -0.327. The van der Waals surface area contributed by atoms with Gasteiger partial charge in [-0.3, -0.25) is 9.59 Å². The Morgan fingerprint density at radius 2 is 1.73 bits per heavy atom. The summed E-state index contributed by atoms with van der Waals surface area (Å²) in [6.07, 6.45) is 7.64. The molecule has 2 saturated heterocycles. The standard InChI is InChI=1S/C17H28N2O3/c1-14(20)18-9-5-8-17(12-18)13-19(10-11-22-17)16(21)15-6-3-2-4-7-15/h15H,2-13H2,1H3/t17-/m0/s1. The molecule has 1 spiro atoms. The van der Waals surface area contributed by atoms with E-state index in [1.807, 2.05) is 9.80 Å². The van der Waals surface area contributed by atoms with Crippen molar-refractivity contribution in [2.75, 3.05) is 32.8 Å². The topological polar surface area (TPSA) is 49.9 Å². The van der Waals surface area contributed by atoms with E-state index in [4.69, 9.17) is 4.74 Å². The van der Waals surface area contributed by atoms with Gasteiger partial charge < -0.3 is 14.5 Å². The third-order valence-electron chi connectivity index (χ3n) is 5.50. The van der Waals surface area contributed by atoms with Gasteiger partial charge in [-0.2, -0.15) is 0 Å². The maximum Gasteiger partial charge on any atom is 0.225 e. The van der Waals surface area contributed by atoms with Crippen LogP contribution in [0.1, 0.15) is 51.9 Å². The van der Waals surface area contributed by atoms with Crippen LogP contribution in [0.5, 0.6) is 0 Å². The summed E-state index contributed by atoms with van der Waals surface area (Å²) < 4.78 is 6.07. The van der Waals surface area contributed by atoms with Gasteiger partial charge in [0.05, 0.1) is 19.7 Å². The normalized spacial score (nSPS) is 30.6. The van der Waals surface area contributed by atoms with E-state index in [-0.39, 0.29) is 17.4 Å². The van der Waals surface area contributed by atoms with Crippen molar-refractivity contribution in [1.82, 2.24) is 9.80 Å². The number of hydrogen-bond acceptors (Lipinski definition) is 3. The number of carbonyl (C=O) groups is 2. The molecule has 0 unspecified atom stereocenters. The highest BCUT2D eigenvalue weighted by Gasteiger charge is 2.43. The quantitative estimate of drug-likeness (QED) is 0.742. The fourth-order valence-electron chi connectivity index (χ4n) is 4.25. The highest BCUT2D eigenvalue weighted by molar-refractivity contribution is 5.79. The zero-order valence-electron chi connectivity index (χ0n) is 13.7. The number of likely N-dealkylation sites (tertiary alicyclic amines) is 1. The SMILES string of the molecule is CC(=O)N1CCC[C@]2(C1)CN(C(=O)C1CCCCC1)CCO2. The zero-order valence-corrected chi connectivity index (χ0v) is 13.7. The predicted molar refractivity (Wildman–Crippen MR) is 83.3 cm³/mol. The second-order valence-corrected chi connectivity index (χ2v) is 7.17. The minimum Gasteiger partial charge on any atom is -0.369 e. The van der Waals surface area contributed by atoms with Crippen molar-refractivity contribution < 1.29 is 14.3 Å². The first-order chi connectivity index (χ1) is 10.6. The number of piperidine rings is 1. The van der Waals surface area contributed by atoms with Gasteiger partial charge in [-0.1, -0.05) is 19.3 Å². The monoisotopic (exact) mass is 308 g/mol. The largest absolute Gasteiger partial charge is 0.369 e. The van der Waals surface area contributed by atoms with Crippen LogP contribution in [0.3, 0.4) is 0 Å². The minimum atomic E-state index is -0.327. The molecule has 3 aliphatic rings. The van der Waals surface area contributed by atoms with Gasteiger partial charge in [0.1, 0.15) is 5.60 Å². The van der Waals surface area contributed by atoms with Crippen molar-refractivity contribution in [1.29, 1.82) is 0 Å². The Balaban J connectivity index is 1.65. The number of amides is 2. The van der Waals surface area contributed by atoms with Crippen molar-refractivity contribution in [3.8, 4) is 0 Å². The molecule has 0 N–H and O–H groups in total. The Labute approximate surface area is 133 Å². The number of carbonyl (C=O) groups excluding carboxylic acids is 2. The van der Waals surface area contributed by atoms with Gasteiger partial charge >= 0.3 is 0 Å². The third-order valence-corrected chi connectivity index (χ3v) is 5.50. The highest BCUT2D eigenvalue weighted by Crippen LogP contribution is 2.31. The maximum absolute atomic E-state index is 12.8. The van der Waals surface area contributed by atoms with Crippen molar-refractivity contribution in [2.45, 2.75) is 57.5 Å². The number of ether oxygens (including phenoxy) is 1. The molecule has 1 aliphatic carbocycles. The average molecular weight is 308 g/mol. The van der Waals surface area contributed by atoms with Gasteiger partial charge in [0, 0.05) is 25.9 Å². The lowest BCUT2D eigenvalue weighted by Gasteiger charge is -2.48. The van der Waals surface area contributed by atoms with Gasteiger partial charge in [0.15, 0.2) is 0 Å². The molecule has 0 aromatic carbocycles. The molecule has 0 bridgehead atoms. The first-order valence-corrected chi connectivity index (χ1v) is 8.78. The summed E-state index contributed by atoms with van der Waals surface area (Å²) in [5, 5.41) is 0. The molecule has 2 amide bonds. The Morgan fingerprint density at radius 1 is 1.00 bits per heavy atom. The molecule has 1 saturated carbocycles. The summed E-state index contributed by atoms with van der Waals surface area (Å²) >= 11 is 0. The molecule has 22 heavy (non-hydrogen) atoms. The Bertz CT molecular complexity index is 430. The minimum absolute atomic E-state index is 0.110. The Hall–Kier alpha value is -1.10. The fraction of sp³-hybridized carbons (Fsp3) is 0.882. The average Bonchev–Trinajstić information content (AvgIpc) is 2.55. The van der Waals surface area contributed by atoms with Crippen LogP contribution in [-0.2, 0) is 14.3 Å². The molecule has 2 heterocycles. The summed E-state index contributed by atoms with van der Waals surface area (Å²) in [6, 6.07) is 0. The van der Waals surface area contributed by atoms with E-state index in [9.17, 15) is 9.59 Å². The van der Waals surface area contributed by atoms with Gasteiger partial charge in [-0.25, -0.2) is 0 Å². The molecule has 5 nitrogen and oxygen atoms in total. The Morgan fingerprint density at radius 3 is 2.45 bits per heavy atom. The van der Waals surface area contributed by atoms with E-state index in [1.54, 1.807) is 6.92 Å². The van der Waals surface area contributed by atoms with Crippen LogP contribution in [0.15, 0.2) is 0 Å². The van der Waals surface area contributed by atoms with Crippen LogP contribution in [0.2, 0.25) is 0 Å². The number of nitrogens with zero attached hydrogens (tertiary/aromatic N) is 2. The second kappa shape index (κ2) is 6.57. The third kappa shape index (κ3) is 3.29. The van der Waals surface area contributed by atoms with E-state index < -0.39 is 0 Å². The summed E-state index contributed by atoms with van der Waals surface area (Å²) in [7, 11) is 0.